The molecule has 0 aliphatic rings. The van der Waals surface area contributed by atoms with E-state index in [1.165, 1.54) is 14.2 Å². The third kappa shape index (κ3) is 3.72. The van der Waals surface area contributed by atoms with E-state index >= 15 is 0 Å². The summed E-state index contributed by atoms with van der Waals surface area (Å²) >= 11 is 0. The molecule has 1 aromatic carbocycles. The number of nitrogens with one attached hydrogen (secondary N) is 3. The summed E-state index contributed by atoms with van der Waals surface area (Å²) in [6.07, 6.45) is 1.55. The van der Waals surface area contributed by atoms with Crippen molar-refractivity contribution in [1.29, 1.82) is 0 Å². The molecule has 0 unspecified atom stereocenters. The number of ether oxygens (including phenoxy) is 1. The first-order valence-corrected chi connectivity index (χ1v) is 6.53. The van der Waals surface area contributed by atoms with E-state index < -0.39 is 0 Å². The van der Waals surface area contributed by atoms with Crippen LogP contribution in [0.25, 0.3) is 0 Å². The largest absolute Gasteiger partial charge is 0.480 e. The van der Waals surface area contributed by atoms with Crippen LogP contribution in [0, 0.1) is 0 Å². The molecular weight excluding hydrogens is 284 g/mol. The Morgan fingerprint density at radius 1 is 1.05 bits per heavy atom. The number of nitrogens with zero attached hydrogens (tertiary/aromatic N) is 1. The van der Waals surface area contributed by atoms with E-state index in [2.05, 4.69) is 20.9 Å². The SMILES string of the molecule is CNC(=O)Nc1ccc(NC(=O)c2cccnc2OC)cc1. The second kappa shape index (κ2) is 7.07. The number of hydrogen-bond donors (Lipinski definition) is 3. The fourth-order valence-corrected chi connectivity index (χ4v) is 1.76. The minimum atomic E-state index is -0.322. The van der Waals surface area contributed by atoms with Crippen molar-refractivity contribution in [2.24, 2.45) is 0 Å². The number of benzene rings is 1. The van der Waals surface area contributed by atoms with Gasteiger partial charge in [0.25, 0.3) is 5.91 Å². The van der Waals surface area contributed by atoms with Gasteiger partial charge in [-0.25, -0.2) is 9.78 Å². The molecule has 7 heteroatoms. The molecule has 0 spiro atoms. The highest BCUT2D eigenvalue weighted by Crippen LogP contribution is 2.18. The Kier molecular flexibility index (Phi) is 4.92. The molecule has 0 saturated carbocycles. The Morgan fingerprint density at radius 3 is 2.27 bits per heavy atom. The summed E-state index contributed by atoms with van der Waals surface area (Å²) in [6.45, 7) is 0. The van der Waals surface area contributed by atoms with Gasteiger partial charge < -0.3 is 20.7 Å². The third-order valence-corrected chi connectivity index (χ3v) is 2.84. The highest BCUT2D eigenvalue weighted by Gasteiger charge is 2.12. The Labute approximate surface area is 127 Å². The first-order valence-electron chi connectivity index (χ1n) is 6.53. The maximum atomic E-state index is 12.2. The number of carbonyl (C=O) groups is 2. The number of amides is 3. The number of carbonyl (C=O) groups excluding carboxylic acids is 2. The van der Waals surface area contributed by atoms with Crippen LogP contribution in [0.3, 0.4) is 0 Å². The van der Waals surface area contributed by atoms with Crippen LogP contribution >= 0.6 is 0 Å². The molecule has 0 fully saturated rings. The molecule has 0 radical (unpaired) electrons. The predicted octanol–water partition coefficient (Wildman–Crippen LogP) is 2.09. The average Bonchev–Trinajstić information content (AvgIpc) is 2.56. The minimum absolute atomic E-state index is 0.262. The van der Waals surface area contributed by atoms with Gasteiger partial charge in [-0.2, -0.15) is 0 Å². The van der Waals surface area contributed by atoms with E-state index in [-0.39, 0.29) is 17.8 Å². The number of aromatic nitrogens is 1. The minimum Gasteiger partial charge on any atom is -0.480 e. The van der Waals surface area contributed by atoms with Gasteiger partial charge in [0.15, 0.2) is 0 Å². The number of anilines is 2. The molecule has 0 atom stereocenters. The molecule has 22 heavy (non-hydrogen) atoms. The Morgan fingerprint density at radius 2 is 1.68 bits per heavy atom. The van der Waals surface area contributed by atoms with Gasteiger partial charge in [0, 0.05) is 24.6 Å². The standard InChI is InChI=1S/C15H16N4O3/c1-16-15(21)19-11-7-5-10(6-8-11)18-13(20)12-4-3-9-17-14(12)22-2/h3-9H,1-2H3,(H,18,20)(H2,16,19,21). The predicted molar refractivity (Wildman–Crippen MR) is 83.3 cm³/mol. The average molecular weight is 300 g/mol. The summed E-state index contributed by atoms with van der Waals surface area (Å²) in [5.41, 5.74) is 1.56. The van der Waals surface area contributed by atoms with Crippen LogP contribution in [0.2, 0.25) is 0 Å². The van der Waals surface area contributed by atoms with Crippen LogP contribution < -0.4 is 20.7 Å². The maximum Gasteiger partial charge on any atom is 0.318 e. The van der Waals surface area contributed by atoms with Crippen LogP contribution in [0.4, 0.5) is 16.2 Å². The fraction of sp³-hybridized carbons (Fsp3) is 0.133. The lowest BCUT2D eigenvalue weighted by atomic mass is 10.2. The zero-order valence-corrected chi connectivity index (χ0v) is 12.2. The van der Waals surface area contributed by atoms with Gasteiger partial charge in [0.1, 0.15) is 5.56 Å². The van der Waals surface area contributed by atoms with Crippen LogP contribution in [-0.4, -0.2) is 31.1 Å². The second-order valence-electron chi connectivity index (χ2n) is 4.30. The molecule has 0 saturated heterocycles. The van der Waals surface area contributed by atoms with Crippen LogP contribution in [0.15, 0.2) is 42.6 Å². The molecule has 3 N–H and O–H groups in total. The van der Waals surface area contributed by atoms with Gasteiger partial charge in [-0.05, 0) is 36.4 Å². The van der Waals surface area contributed by atoms with Crippen molar-refractivity contribution in [2.45, 2.75) is 0 Å². The molecule has 3 amide bonds. The molecule has 2 rings (SSSR count). The number of urea groups is 1. The van der Waals surface area contributed by atoms with E-state index in [1.807, 2.05) is 0 Å². The van der Waals surface area contributed by atoms with E-state index in [9.17, 15) is 9.59 Å². The van der Waals surface area contributed by atoms with Crippen molar-refractivity contribution in [3.63, 3.8) is 0 Å². The summed E-state index contributed by atoms with van der Waals surface area (Å²) in [6, 6.07) is 9.72. The van der Waals surface area contributed by atoms with Crippen LogP contribution in [0.1, 0.15) is 10.4 Å². The molecule has 0 aliphatic carbocycles. The van der Waals surface area contributed by atoms with Crippen molar-refractivity contribution in [1.82, 2.24) is 10.3 Å². The number of rotatable bonds is 4. The van der Waals surface area contributed by atoms with Gasteiger partial charge in [-0.1, -0.05) is 0 Å². The number of hydrogen-bond acceptors (Lipinski definition) is 4. The molecule has 2 aromatic rings. The second-order valence-corrected chi connectivity index (χ2v) is 4.30. The van der Waals surface area contributed by atoms with Gasteiger partial charge in [-0.15, -0.1) is 0 Å². The summed E-state index contributed by atoms with van der Waals surface area (Å²) in [5, 5.41) is 7.82. The lowest BCUT2D eigenvalue weighted by Crippen LogP contribution is -2.24. The molecule has 0 bridgehead atoms. The van der Waals surface area contributed by atoms with E-state index in [0.29, 0.717) is 16.9 Å². The summed E-state index contributed by atoms with van der Waals surface area (Å²) in [4.78, 5) is 27.4. The normalized spacial score (nSPS) is 9.73. The van der Waals surface area contributed by atoms with Crippen LogP contribution in [0.5, 0.6) is 5.88 Å². The highest BCUT2D eigenvalue weighted by molar-refractivity contribution is 6.05. The van der Waals surface area contributed by atoms with Gasteiger partial charge in [-0.3, -0.25) is 4.79 Å². The first kappa shape index (κ1) is 15.3. The van der Waals surface area contributed by atoms with Crippen molar-refractivity contribution >= 4 is 23.3 Å². The number of pyridine rings is 1. The lowest BCUT2D eigenvalue weighted by Gasteiger charge is -2.09. The van der Waals surface area contributed by atoms with Gasteiger partial charge in [0.2, 0.25) is 5.88 Å². The molecule has 1 aromatic heterocycles. The first-order chi connectivity index (χ1) is 10.6. The van der Waals surface area contributed by atoms with Crippen LogP contribution in [-0.2, 0) is 0 Å². The Hall–Kier alpha value is -3.09. The van der Waals surface area contributed by atoms with Crippen molar-refractivity contribution in [3.8, 4) is 5.88 Å². The molecule has 7 nitrogen and oxygen atoms in total. The quantitative estimate of drug-likeness (QED) is 0.806. The monoisotopic (exact) mass is 300 g/mol. The van der Waals surface area contributed by atoms with E-state index in [0.717, 1.165) is 0 Å². The van der Waals surface area contributed by atoms with Gasteiger partial charge >= 0.3 is 6.03 Å². The summed E-state index contributed by atoms with van der Waals surface area (Å²) in [7, 11) is 2.99. The molecule has 114 valence electrons. The number of methoxy groups -OCH3 is 1. The fourth-order valence-electron chi connectivity index (χ4n) is 1.76. The summed E-state index contributed by atoms with van der Waals surface area (Å²) in [5.74, 6) is -0.0603. The summed E-state index contributed by atoms with van der Waals surface area (Å²) < 4.78 is 5.05. The van der Waals surface area contributed by atoms with Crippen molar-refractivity contribution in [2.75, 3.05) is 24.8 Å². The van der Waals surface area contributed by atoms with Gasteiger partial charge in [0.05, 0.1) is 7.11 Å². The molecule has 0 aliphatic heterocycles. The Bertz CT molecular complexity index is 671. The van der Waals surface area contributed by atoms with Crippen molar-refractivity contribution in [3.05, 3.63) is 48.2 Å². The zero-order chi connectivity index (χ0) is 15.9. The highest BCUT2D eigenvalue weighted by atomic mass is 16.5. The molecule has 1 heterocycles. The van der Waals surface area contributed by atoms with Crippen molar-refractivity contribution < 1.29 is 14.3 Å². The maximum absolute atomic E-state index is 12.2. The Balaban J connectivity index is 2.07. The molecular formula is C15H16N4O3. The smallest absolute Gasteiger partial charge is 0.318 e. The zero-order valence-electron chi connectivity index (χ0n) is 12.2. The third-order valence-electron chi connectivity index (χ3n) is 2.84. The lowest BCUT2D eigenvalue weighted by molar-refractivity contribution is 0.102. The topological polar surface area (TPSA) is 92.4 Å². The van der Waals surface area contributed by atoms with E-state index in [4.69, 9.17) is 4.74 Å². The van der Waals surface area contributed by atoms with E-state index in [1.54, 1.807) is 42.6 Å².